The maximum atomic E-state index is 13.3. The van der Waals surface area contributed by atoms with Crippen molar-refractivity contribution in [3.05, 3.63) is 70.4 Å². The molecule has 2 aromatic heterocycles. The molecule has 5 rings (SSSR count). The van der Waals surface area contributed by atoms with Gasteiger partial charge in [0.25, 0.3) is 0 Å². The van der Waals surface area contributed by atoms with E-state index >= 15 is 0 Å². The number of rotatable bonds is 6. The highest BCUT2D eigenvalue weighted by molar-refractivity contribution is 7.22. The number of halogens is 1. The number of aromatic nitrogens is 3. The zero-order valence-corrected chi connectivity index (χ0v) is 23.9. The van der Waals surface area contributed by atoms with Crippen LogP contribution < -0.4 is 0 Å². The number of esters is 1. The molecule has 0 bridgehead atoms. The lowest BCUT2D eigenvalue weighted by atomic mass is 9.91. The van der Waals surface area contributed by atoms with E-state index in [0.29, 0.717) is 5.02 Å². The second kappa shape index (κ2) is 10.1. The zero-order valence-electron chi connectivity index (χ0n) is 22.3. The van der Waals surface area contributed by atoms with Gasteiger partial charge in [0.2, 0.25) is 0 Å². The largest absolute Gasteiger partial charge is 0.464 e. The van der Waals surface area contributed by atoms with E-state index in [4.69, 9.17) is 26.1 Å². The Morgan fingerprint density at radius 2 is 1.76 bits per heavy atom. The van der Waals surface area contributed by atoms with E-state index in [-0.39, 0.29) is 6.61 Å². The van der Waals surface area contributed by atoms with Crippen LogP contribution in [0.3, 0.4) is 0 Å². The fourth-order valence-electron chi connectivity index (χ4n) is 4.64. The highest BCUT2D eigenvalue weighted by Gasteiger charge is 2.33. The molecule has 0 radical (unpaired) electrons. The van der Waals surface area contributed by atoms with Crippen LogP contribution in [0.15, 0.2) is 48.5 Å². The third kappa shape index (κ3) is 5.06. The topological polar surface area (TPSA) is 77.1 Å². The number of hydrogen-bond acceptors (Lipinski definition) is 6. The molecule has 0 unspecified atom stereocenters. The van der Waals surface area contributed by atoms with Gasteiger partial charge >= 0.3 is 5.97 Å². The van der Waals surface area contributed by atoms with Gasteiger partial charge in [0, 0.05) is 32.8 Å². The summed E-state index contributed by atoms with van der Waals surface area (Å²) in [6.07, 6.45) is -0.902. The number of nitrogens with one attached hydrogen (secondary N) is 1. The quantitative estimate of drug-likeness (QED) is 0.217. The summed E-state index contributed by atoms with van der Waals surface area (Å²) in [5, 5.41) is 9.99. The number of hydrogen-bond donors (Lipinski definition) is 1. The Labute approximate surface area is 231 Å². The van der Waals surface area contributed by atoms with Crippen molar-refractivity contribution in [3.63, 3.8) is 0 Å². The van der Waals surface area contributed by atoms with E-state index in [1.54, 1.807) is 18.3 Å². The van der Waals surface area contributed by atoms with Gasteiger partial charge in [-0.25, -0.2) is 9.78 Å². The Hall–Kier alpha value is -3.26. The van der Waals surface area contributed by atoms with Gasteiger partial charge in [-0.2, -0.15) is 5.10 Å². The molecule has 0 amide bonds. The predicted molar refractivity (Wildman–Crippen MR) is 155 cm³/mol. The number of carbonyl (C=O) groups is 1. The van der Waals surface area contributed by atoms with Crippen molar-refractivity contribution < 1.29 is 14.3 Å². The highest BCUT2D eigenvalue weighted by Crippen LogP contribution is 2.44. The molecule has 1 atom stereocenters. The Bertz CT molecular complexity index is 1650. The number of benzene rings is 3. The third-order valence-corrected chi connectivity index (χ3v) is 7.68. The van der Waals surface area contributed by atoms with E-state index in [1.165, 1.54) is 0 Å². The number of ether oxygens (including phenoxy) is 2. The molecule has 3 aromatic carbocycles. The lowest BCUT2D eigenvalue weighted by molar-refractivity contribution is -0.166. The van der Waals surface area contributed by atoms with Gasteiger partial charge in [-0.1, -0.05) is 23.7 Å². The van der Waals surface area contributed by atoms with Crippen LogP contribution >= 0.6 is 22.9 Å². The van der Waals surface area contributed by atoms with Gasteiger partial charge in [0.15, 0.2) is 6.10 Å². The number of fused-ring (bicyclic) bond motifs is 2. The van der Waals surface area contributed by atoms with Crippen molar-refractivity contribution in [1.82, 2.24) is 15.2 Å². The summed E-state index contributed by atoms with van der Waals surface area (Å²) in [5.74, 6) is -0.411. The molecule has 38 heavy (non-hydrogen) atoms. The van der Waals surface area contributed by atoms with E-state index in [1.807, 2.05) is 77.1 Å². The molecule has 0 saturated heterocycles. The second-order valence-electron chi connectivity index (χ2n) is 10.3. The summed E-state index contributed by atoms with van der Waals surface area (Å²) in [6.45, 7) is 11.9. The fraction of sp³-hybridized carbons (Fsp3) is 0.300. The maximum absolute atomic E-state index is 13.3. The Balaban J connectivity index is 1.78. The molecule has 196 valence electrons. The van der Waals surface area contributed by atoms with Crippen molar-refractivity contribution in [2.45, 2.75) is 53.2 Å². The first-order valence-corrected chi connectivity index (χ1v) is 13.7. The minimum Gasteiger partial charge on any atom is -0.464 e. The fourth-order valence-corrected chi connectivity index (χ4v) is 5.89. The molecular weight excluding hydrogens is 518 g/mol. The van der Waals surface area contributed by atoms with Crippen LogP contribution in [-0.2, 0) is 14.3 Å². The summed E-state index contributed by atoms with van der Waals surface area (Å²) in [7, 11) is 0. The normalized spacial score (nSPS) is 12.8. The first kappa shape index (κ1) is 26.4. The molecular formula is C30H30ClN3O3S. The van der Waals surface area contributed by atoms with Crippen LogP contribution in [0, 0.1) is 13.8 Å². The number of nitrogens with zero attached hydrogens (tertiary/aromatic N) is 2. The Kier molecular flexibility index (Phi) is 7.03. The van der Waals surface area contributed by atoms with Gasteiger partial charge in [-0.15, -0.1) is 11.3 Å². The smallest absolute Gasteiger partial charge is 0.339 e. The molecule has 0 saturated carbocycles. The van der Waals surface area contributed by atoms with Crippen molar-refractivity contribution in [1.29, 1.82) is 0 Å². The predicted octanol–water partition coefficient (Wildman–Crippen LogP) is 8.20. The average Bonchev–Trinajstić information content (AvgIpc) is 3.45. The third-order valence-electron chi connectivity index (χ3n) is 6.29. The summed E-state index contributed by atoms with van der Waals surface area (Å²) in [4.78, 5) is 18.3. The van der Waals surface area contributed by atoms with Crippen LogP contribution in [0.4, 0.5) is 0 Å². The van der Waals surface area contributed by atoms with Crippen molar-refractivity contribution in [2.75, 3.05) is 6.61 Å². The standard InChI is InChI=1S/C30H30ClN3O3S/c1-7-36-29(35)26(37-30(4,5)6)24-16(2)14-23-27(25(24)18-8-11-20(31)12-9-18)38-28(32-23)19-10-13-22-21(15-19)17(3)33-34-22/h8-15,26H,7H2,1-6H3,(H,33,34)/t26-/m0/s1. The number of aromatic amines is 1. The van der Waals surface area contributed by atoms with Crippen molar-refractivity contribution in [3.8, 4) is 21.7 Å². The molecule has 0 aliphatic rings. The highest BCUT2D eigenvalue weighted by atomic mass is 35.5. The molecule has 0 fully saturated rings. The molecule has 0 aliphatic carbocycles. The van der Waals surface area contributed by atoms with Crippen LogP contribution in [-0.4, -0.2) is 33.4 Å². The molecule has 6 nitrogen and oxygen atoms in total. The van der Waals surface area contributed by atoms with E-state index in [2.05, 4.69) is 16.3 Å². The van der Waals surface area contributed by atoms with Gasteiger partial charge < -0.3 is 9.47 Å². The molecule has 2 heterocycles. The number of H-pyrrole nitrogens is 1. The summed E-state index contributed by atoms with van der Waals surface area (Å²) in [6, 6.07) is 15.9. The van der Waals surface area contributed by atoms with Crippen LogP contribution in [0.1, 0.15) is 50.6 Å². The SMILES string of the molecule is CCOC(=O)[C@@H](OC(C)(C)C)c1c(C)cc2nc(-c3ccc4n[nH]c(C)c4c3)sc2c1-c1ccc(Cl)cc1. The maximum Gasteiger partial charge on any atom is 0.339 e. The van der Waals surface area contributed by atoms with Gasteiger partial charge in [0.1, 0.15) is 5.01 Å². The van der Waals surface area contributed by atoms with Crippen LogP contribution in [0.25, 0.3) is 42.8 Å². The lowest BCUT2D eigenvalue weighted by Crippen LogP contribution is -2.29. The van der Waals surface area contributed by atoms with Crippen molar-refractivity contribution >= 4 is 50.0 Å². The Morgan fingerprint density at radius 1 is 1.05 bits per heavy atom. The van der Waals surface area contributed by atoms with Crippen LogP contribution in [0.2, 0.25) is 5.02 Å². The van der Waals surface area contributed by atoms with Crippen molar-refractivity contribution in [2.24, 2.45) is 0 Å². The summed E-state index contributed by atoms with van der Waals surface area (Å²) >= 11 is 7.84. The van der Waals surface area contributed by atoms with E-state index in [0.717, 1.165) is 59.6 Å². The number of aryl methyl sites for hydroxylation is 2. The Morgan fingerprint density at radius 3 is 2.45 bits per heavy atom. The summed E-state index contributed by atoms with van der Waals surface area (Å²) in [5.41, 5.74) is 6.75. The molecule has 0 aliphatic heterocycles. The second-order valence-corrected chi connectivity index (χ2v) is 11.7. The van der Waals surface area contributed by atoms with Gasteiger partial charge in [-0.05, 0) is 89.1 Å². The monoisotopic (exact) mass is 547 g/mol. The average molecular weight is 548 g/mol. The molecule has 5 aromatic rings. The first-order chi connectivity index (χ1) is 18.1. The number of thiazole rings is 1. The van der Waals surface area contributed by atoms with Crippen LogP contribution in [0.5, 0.6) is 0 Å². The van der Waals surface area contributed by atoms with E-state index in [9.17, 15) is 4.79 Å². The minimum absolute atomic E-state index is 0.265. The summed E-state index contributed by atoms with van der Waals surface area (Å²) < 4.78 is 12.8. The van der Waals surface area contributed by atoms with Gasteiger partial charge in [-0.3, -0.25) is 5.10 Å². The molecule has 8 heteroatoms. The zero-order chi connectivity index (χ0) is 27.2. The first-order valence-electron chi connectivity index (χ1n) is 12.5. The lowest BCUT2D eigenvalue weighted by Gasteiger charge is -2.29. The van der Waals surface area contributed by atoms with Gasteiger partial charge in [0.05, 0.1) is 27.9 Å². The number of carbonyl (C=O) groups excluding carboxylic acids is 1. The van der Waals surface area contributed by atoms with E-state index < -0.39 is 17.7 Å². The minimum atomic E-state index is -0.902. The molecule has 0 spiro atoms. The molecule has 1 N–H and O–H groups in total.